The van der Waals surface area contributed by atoms with E-state index < -0.39 is 23.3 Å². The van der Waals surface area contributed by atoms with Gasteiger partial charge in [0.05, 0.1) is 36.4 Å². The zero-order valence-corrected chi connectivity index (χ0v) is 19.2. The van der Waals surface area contributed by atoms with Crippen molar-refractivity contribution in [3.05, 3.63) is 101 Å². The van der Waals surface area contributed by atoms with Gasteiger partial charge in [0.1, 0.15) is 34.8 Å². The summed E-state index contributed by atoms with van der Waals surface area (Å²) in [5, 5.41) is 10.7. The Morgan fingerprint density at radius 1 is 0.703 bits per heavy atom. The van der Waals surface area contributed by atoms with E-state index in [1.54, 1.807) is 24.3 Å². The maximum Gasteiger partial charge on any atom is 0.247 e. The Bertz CT molecular complexity index is 1340. The number of anilines is 4. The van der Waals surface area contributed by atoms with Crippen LogP contribution >= 0.6 is 0 Å². The molecule has 0 saturated heterocycles. The molecule has 0 unspecified atom stereocenters. The number of hydrogen-bond donors (Lipinski definition) is 3. The summed E-state index contributed by atoms with van der Waals surface area (Å²) in [5.41, 5.74) is 4.95. The smallest absolute Gasteiger partial charge is 0.247 e. The van der Waals surface area contributed by atoms with E-state index in [1.165, 1.54) is 25.3 Å². The van der Waals surface area contributed by atoms with Gasteiger partial charge in [-0.2, -0.15) is 20.2 Å². The van der Waals surface area contributed by atoms with Gasteiger partial charge in [0.25, 0.3) is 0 Å². The summed E-state index contributed by atoms with van der Waals surface area (Å²) in [6.07, 6.45) is 1.91. The average molecular weight is 509 g/mol. The van der Waals surface area contributed by atoms with Crippen LogP contribution in [0.4, 0.5) is 40.8 Å². The van der Waals surface area contributed by atoms with E-state index in [1.807, 2.05) is 0 Å². The first kappa shape index (κ1) is 25.1. The first-order chi connectivity index (χ1) is 17.9. The molecule has 0 aliphatic carbocycles. The fourth-order valence-electron chi connectivity index (χ4n) is 3.09. The Kier molecular flexibility index (Phi) is 7.88. The van der Waals surface area contributed by atoms with Gasteiger partial charge in [0.15, 0.2) is 5.82 Å². The fourth-order valence-corrected chi connectivity index (χ4v) is 3.09. The Hall–Kier alpha value is -5.00. The molecule has 0 saturated carbocycles. The zero-order chi connectivity index (χ0) is 26.2. The summed E-state index contributed by atoms with van der Waals surface area (Å²) in [6.45, 7) is 0. The van der Waals surface area contributed by atoms with Gasteiger partial charge in [-0.15, -0.1) is 0 Å². The Morgan fingerprint density at radius 3 is 1.84 bits per heavy atom. The minimum atomic E-state index is -0.796. The number of aromatic nitrogens is 2. The molecule has 8 nitrogen and oxygen atoms in total. The summed E-state index contributed by atoms with van der Waals surface area (Å²) in [5.74, 6) is -2.36. The van der Waals surface area contributed by atoms with Crippen LogP contribution in [0.25, 0.3) is 0 Å². The summed E-state index contributed by atoms with van der Waals surface area (Å²) in [4.78, 5) is 8.44. The lowest BCUT2D eigenvalue weighted by Crippen LogP contribution is -2.05. The first-order valence-corrected chi connectivity index (χ1v) is 10.7. The van der Waals surface area contributed by atoms with Gasteiger partial charge in [-0.05, 0) is 36.4 Å². The monoisotopic (exact) mass is 509 g/mol. The van der Waals surface area contributed by atoms with Crippen molar-refractivity contribution in [3.8, 4) is 5.75 Å². The van der Waals surface area contributed by atoms with Gasteiger partial charge < -0.3 is 10.1 Å². The molecular weight excluding hydrogens is 490 g/mol. The number of ether oxygens (including phenoxy) is 1. The maximum absolute atomic E-state index is 13.9. The highest BCUT2D eigenvalue weighted by Crippen LogP contribution is 2.27. The van der Waals surface area contributed by atoms with E-state index in [0.29, 0.717) is 11.4 Å². The minimum absolute atomic E-state index is 0.0809. The molecule has 4 rings (SSSR count). The molecule has 37 heavy (non-hydrogen) atoms. The van der Waals surface area contributed by atoms with Gasteiger partial charge in [-0.3, -0.25) is 5.43 Å². The van der Waals surface area contributed by atoms with Crippen LogP contribution in [-0.2, 0) is 0 Å². The third-order valence-corrected chi connectivity index (χ3v) is 4.83. The van der Waals surface area contributed by atoms with Crippen molar-refractivity contribution in [3.63, 3.8) is 0 Å². The SMILES string of the molecule is COc1ccccc1Nc1cc(NN=Cc2c(F)cccc2F)nc(NN=Cc2c(F)cccc2F)n1. The molecule has 1 heterocycles. The number of hydrogen-bond acceptors (Lipinski definition) is 8. The normalized spacial score (nSPS) is 11.2. The highest BCUT2D eigenvalue weighted by molar-refractivity contribution is 5.81. The van der Waals surface area contributed by atoms with Crippen LogP contribution < -0.4 is 20.9 Å². The predicted molar refractivity (Wildman–Crippen MR) is 133 cm³/mol. The molecule has 0 aliphatic rings. The molecule has 4 aromatic rings. The van der Waals surface area contributed by atoms with Crippen LogP contribution in [0.5, 0.6) is 5.75 Å². The number of benzene rings is 3. The summed E-state index contributed by atoms with van der Waals surface area (Å²) >= 11 is 0. The van der Waals surface area contributed by atoms with Crippen molar-refractivity contribution < 1.29 is 22.3 Å². The number of nitrogens with one attached hydrogen (secondary N) is 3. The molecule has 12 heteroatoms. The molecule has 1 aromatic heterocycles. The summed E-state index contributed by atoms with van der Waals surface area (Å²) in [7, 11) is 1.51. The number of hydrazone groups is 2. The van der Waals surface area contributed by atoms with Crippen LogP contribution in [0.3, 0.4) is 0 Å². The molecule has 0 bridgehead atoms. The van der Waals surface area contributed by atoms with Crippen molar-refractivity contribution in [2.24, 2.45) is 10.2 Å². The lowest BCUT2D eigenvalue weighted by Gasteiger charge is -2.12. The van der Waals surface area contributed by atoms with Crippen LogP contribution in [-0.4, -0.2) is 29.5 Å². The second-order valence-electron chi connectivity index (χ2n) is 7.30. The fraction of sp³-hybridized carbons (Fsp3) is 0.0400. The van der Waals surface area contributed by atoms with E-state index in [4.69, 9.17) is 4.74 Å². The largest absolute Gasteiger partial charge is 0.495 e. The van der Waals surface area contributed by atoms with Gasteiger partial charge in [0, 0.05) is 6.07 Å². The van der Waals surface area contributed by atoms with Crippen molar-refractivity contribution in [2.75, 3.05) is 23.3 Å². The maximum atomic E-state index is 13.9. The number of rotatable bonds is 9. The lowest BCUT2D eigenvalue weighted by molar-refractivity contribution is 0.417. The molecule has 0 amide bonds. The second kappa shape index (κ2) is 11.6. The topological polar surface area (TPSA) is 95.8 Å². The molecule has 188 valence electrons. The van der Waals surface area contributed by atoms with Crippen molar-refractivity contribution >= 4 is 35.7 Å². The molecule has 0 radical (unpaired) electrons. The zero-order valence-electron chi connectivity index (χ0n) is 19.2. The van der Waals surface area contributed by atoms with Crippen molar-refractivity contribution in [1.82, 2.24) is 9.97 Å². The number of methoxy groups -OCH3 is 1. The van der Waals surface area contributed by atoms with Crippen LogP contribution in [0.2, 0.25) is 0 Å². The van der Waals surface area contributed by atoms with E-state index in [2.05, 4.69) is 36.3 Å². The second-order valence-corrected chi connectivity index (χ2v) is 7.30. The number of halogens is 4. The Morgan fingerprint density at radius 2 is 1.24 bits per heavy atom. The highest BCUT2D eigenvalue weighted by atomic mass is 19.1. The molecule has 0 fully saturated rings. The Balaban J connectivity index is 1.61. The predicted octanol–water partition coefficient (Wildman–Crippen LogP) is 5.68. The van der Waals surface area contributed by atoms with Gasteiger partial charge in [0.2, 0.25) is 5.95 Å². The van der Waals surface area contributed by atoms with Crippen LogP contribution in [0.15, 0.2) is 76.9 Å². The number of para-hydroxylation sites is 2. The minimum Gasteiger partial charge on any atom is -0.495 e. The van der Waals surface area contributed by atoms with Gasteiger partial charge >= 0.3 is 0 Å². The third kappa shape index (κ3) is 6.36. The number of nitrogens with zero attached hydrogens (tertiary/aromatic N) is 4. The van der Waals surface area contributed by atoms with Gasteiger partial charge in [-0.1, -0.05) is 24.3 Å². The lowest BCUT2D eigenvalue weighted by atomic mass is 10.2. The third-order valence-electron chi connectivity index (χ3n) is 4.83. The van der Waals surface area contributed by atoms with Crippen LogP contribution in [0, 0.1) is 23.3 Å². The van der Waals surface area contributed by atoms with Crippen LogP contribution in [0.1, 0.15) is 11.1 Å². The molecule has 0 spiro atoms. The molecular formula is C25H19F4N7O. The van der Waals surface area contributed by atoms with E-state index in [0.717, 1.165) is 36.7 Å². The Labute approximate surface area is 208 Å². The average Bonchev–Trinajstić information content (AvgIpc) is 2.88. The first-order valence-electron chi connectivity index (χ1n) is 10.7. The van der Waals surface area contributed by atoms with Crippen molar-refractivity contribution in [1.29, 1.82) is 0 Å². The van der Waals surface area contributed by atoms with E-state index in [-0.39, 0.29) is 28.7 Å². The molecule has 0 aliphatic heterocycles. The van der Waals surface area contributed by atoms with Gasteiger partial charge in [-0.25, -0.2) is 23.0 Å². The quantitative estimate of drug-likeness (QED) is 0.153. The standard InChI is InChI=1S/C25H19F4N7O/c1-37-22-11-3-2-10-21(22)32-23-12-24(35-30-13-15-17(26)6-4-7-18(15)27)34-25(33-23)36-31-14-16-19(28)8-5-9-20(16)29/h2-14H,1H3,(H3,32,33,34,35,36). The summed E-state index contributed by atoms with van der Waals surface area (Å²) in [6, 6.07) is 15.4. The van der Waals surface area contributed by atoms with E-state index in [9.17, 15) is 17.6 Å². The molecule has 3 N–H and O–H groups in total. The van der Waals surface area contributed by atoms with Crippen molar-refractivity contribution in [2.45, 2.75) is 0 Å². The molecule has 3 aromatic carbocycles. The summed E-state index contributed by atoms with van der Waals surface area (Å²) < 4.78 is 60.8. The highest BCUT2D eigenvalue weighted by Gasteiger charge is 2.10. The van der Waals surface area contributed by atoms with E-state index >= 15 is 0 Å². The molecule has 0 atom stereocenters.